The van der Waals surface area contributed by atoms with E-state index in [1.165, 1.54) is 0 Å². The Morgan fingerprint density at radius 1 is 0.657 bits per heavy atom. The average Bonchev–Trinajstić information content (AvgIpc) is 3.52. The standard InChI is InChI=1S/C30H19N5/c1-18-10-12-19(13-11-18)28-22(14-31)29(24-16-33-26-8-4-2-6-20(24)26)35-30(23(28)15-32)25-17-34-27-9-5-3-7-21(25)27/h2-13,16-17,33-34H,1H3. The normalized spacial score (nSPS) is 10.9. The Bertz CT molecular complexity index is 1710. The van der Waals surface area contributed by atoms with Crippen LogP contribution in [-0.2, 0) is 0 Å². The minimum atomic E-state index is 0.388. The van der Waals surface area contributed by atoms with Crippen LogP contribution in [0.15, 0.2) is 85.2 Å². The smallest absolute Gasteiger partial charge is 0.102 e. The molecular weight excluding hydrogens is 430 g/mol. The molecule has 6 aromatic rings. The van der Waals surface area contributed by atoms with E-state index in [4.69, 9.17) is 4.98 Å². The van der Waals surface area contributed by atoms with E-state index < -0.39 is 0 Å². The molecule has 5 heteroatoms. The maximum atomic E-state index is 10.4. The molecule has 3 heterocycles. The fourth-order valence-corrected chi connectivity index (χ4v) is 4.74. The van der Waals surface area contributed by atoms with E-state index >= 15 is 0 Å². The molecule has 0 amide bonds. The molecule has 0 aliphatic carbocycles. The van der Waals surface area contributed by atoms with Gasteiger partial charge in [0, 0.05) is 50.9 Å². The van der Waals surface area contributed by atoms with Crippen molar-refractivity contribution in [3.8, 4) is 45.8 Å². The topological polar surface area (TPSA) is 92.0 Å². The highest BCUT2D eigenvalue weighted by Gasteiger charge is 2.25. The molecule has 0 spiro atoms. The van der Waals surface area contributed by atoms with Crippen LogP contribution < -0.4 is 0 Å². The molecule has 0 saturated heterocycles. The number of para-hydroxylation sites is 2. The number of fused-ring (bicyclic) bond motifs is 2. The molecule has 164 valence electrons. The quantitative estimate of drug-likeness (QED) is 0.302. The summed E-state index contributed by atoms with van der Waals surface area (Å²) in [6, 6.07) is 28.6. The molecular formula is C30H19N5. The number of nitrogens with one attached hydrogen (secondary N) is 2. The fraction of sp³-hybridized carbons (Fsp3) is 0.0333. The zero-order chi connectivity index (χ0) is 23.9. The van der Waals surface area contributed by atoms with Gasteiger partial charge in [-0.2, -0.15) is 10.5 Å². The molecule has 0 fully saturated rings. The first-order chi connectivity index (χ1) is 17.2. The number of pyridine rings is 1. The largest absolute Gasteiger partial charge is 0.360 e. The SMILES string of the molecule is Cc1ccc(-c2c(C#N)c(-c3c[nH]c4ccccc34)nc(-c3c[nH]c4ccccc34)c2C#N)cc1. The minimum Gasteiger partial charge on any atom is -0.360 e. The lowest BCUT2D eigenvalue weighted by molar-refractivity contribution is 1.28. The summed E-state index contributed by atoms with van der Waals surface area (Å²) in [4.78, 5) is 11.6. The summed E-state index contributed by atoms with van der Waals surface area (Å²) >= 11 is 0. The molecule has 0 unspecified atom stereocenters. The Labute approximate surface area is 201 Å². The summed E-state index contributed by atoms with van der Waals surface area (Å²) in [7, 11) is 0. The zero-order valence-corrected chi connectivity index (χ0v) is 18.9. The maximum absolute atomic E-state index is 10.4. The van der Waals surface area contributed by atoms with E-state index in [0.717, 1.165) is 44.1 Å². The molecule has 0 atom stereocenters. The Kier molecular flexibility index (Phi) is 4.69. The van der Waals surface area contributed by atoms with Gasteiger partial charge in [-0.05, 0) is 24.6 Å². The molecule has 0 saturated carbocycles. The van der Waals surface area contributed by atoms with Gasteiger partial charge in [0.25, 0.3) is 0 Å². The van der Waals surface area contributed by atoms with E-state index in [2.05, 4.69) is 22.1 Å². The Hall–Kier alpha value is -5.13. The van der Waals surface area contributed by atoms with Gasteiger partial charge in [-0.1, -0.05) is 66.2 Å². The third-order valence-corrected chi connectivity index (χ3v) is 6.45. The number of aromatic amines is 2. The number of hydrogen-bond acceptors (Lipinski definition) is 3. The minimum absolute atomic E-state index is 0.388. The summed E-state index contributed by atoms with van der Waals surface area (Å²) in [5, 5.41) is 22.7. The van der Waals surface area contributed by atoms with Crippen molar-refractivity contribution in [2.45, 2.75) is 6.92 Å². The van der Waals surface area contributed by atoms with E-state index in [9.17, 15) is 10.5 Å². The molecule has 2 N–H and O–H groups in total. The predicted molar refractivity (Wildman–Crippen MR) is 138 cm³/mol. The highest BCUT2D eigenvalue weighted by Crippen LogP contribution is 2.41. The first kappa shape index (κ1) is 20.5. The second-order valence-corrected chi connectivity index (χ2v) is 8.52. The maximum Gasteiger partial charge on any atom is 0.102 e. The molecule has 0 aliphatic rings. The second kappa shape index (κ2) is 8.02. The monoisotopic (exact) mass is 449 g/mol. The first-order valence-electron chi connectivity index (χ1n) is 11.3. The molecule has 6 rings (SSSR count). The van der Waals surface area contributed by atoms with Crippen LogP contribution in [-0.4, -0.2) is 15.0 Å². The van der Waals surface area contributed by atoms with Crippen LogP contribution in [0.3, 0.4) is 0 Å². The van der Waals surface area contributed by atoms with Crippen LogP contribution in [0.2, 0.25) is 0 Å². The third kappa shape index (κ3) is 3.19. The Balaban J connectivity index is 1.77. The molecule has 0 bridgehead atoms. The van der Waals surface area contributed by atoms with Gasteiger partial charge in [0.2, 0.25) is 0 Å². The molecule has 5 nitrogen and oxygen atoms in total. The summed E-state index contributed by atoms with van der Waals surface area (Å²) in [6.45, 7) is 2.02. The van der Waals surface area contributed by atoms with Crippen molar-refractivity contribution in [2.24, 2.45) is 0 Å². The van der Waals surface area contributed by atoms with Gasteiger partial charge < -0.3 is 9.97 Å². The molecule has 3 aromatic heterocycles. The fourth-order valence-electron chi connectivity index (χ4n) is 4.74. The van der Waals surface area contributed by atoms with E-state index in [-0.39, 0.29) is 0 Å². The van der Waals surface area contributed by atoms with Crippen molar-refractivity contribution in [1.29, 1.82) is 10.5 Å². The predicted octanol–water partition coefficient (Wildman–Crippen LogP) is 7.10. The lowest BCUT2D eigenvalue weighted by atomic mass is 9.89. The third-order valence-electron chi connectivity index (χ3n) is 6.45. The van der Waals surface area contributed by atoms with Crippen molar-refractivity contribution in [2.75, 3.05) is 0 Å². The zero-order valence-electron chi connectivity index (χ0n) is 18.9. The number of rotatable bonds is 3. The summed E-state index contributed by atoms with van der Waals surface area (Å²) in [5.41, 5.74) is 7.99. The van der Waals surface area contributed by atoms with Gasteiger partial charge >= 0.3 is 0 Å². The second-order valence-electron chi connectivity index (χ2n) is 8.52. The van der Waals surface area contributed by atoms with Crippen molar-refractivity contribution >= 4 is 21.8 Å². The van der Waals surface area contributed by atoms with Crippen LogP contribution in [0.5, 0.6) is 0 Å². The van der Waals surface area contributed by atoms with Gasteiger partial charge in [0.05, 0.1) is 22.5 Å². The molecule has 3 aromatic carbocycles. The van der Waals surface area contributed by atoms with Crippen LogP contribution in [0.1, 0.15) is 16.7 Å². The van der Waals surface area contributed by atoms with Crippen LogP contribution in [0.25, 0.3) is 55.4 Å². The average molecular weight is 450 g/mol. The van der Waals surface area contributed by atoms with Crippen molar-refractivity contribution in [1.82, 2.24) is 15.0 Å². The number of hydrogen-bond donors (Lipinski definition) is 2. The Morgan fingerprint density at radius 3 is 1.63 bits per heavy atom. The van der Waals surface area contributed by atoms with Gasteiger partial charge in [-0.3, -0.25) is 0 Å². The van der Waals surface area contributed by atoms with Crippen molar-refractivity contribution in [3.05, 3.63) is 102 Å². The molecule has 0 radical (unpaired) electrons. The van der Waals surface area contributed by atoms with E-state index in [1.807, 2.05) is 92.1 Å². The van der Waals surface area contributed by atoms with Gasteiger partial charge in [-0.15, -0.1) is 0 Å². The van der Waals surface area contributed by atoms with Crippen molar-refractivity contribution in [3.63, 3.8) is 0 Å². The van der Waals surface area contributed by atoms with Crippen LogP contribution in [0, 0.1) is 29.6 Å². The van der Waals surface area contributed by atoms with Crippen molar-refractivity contribution < 1.29 is 0 Å². The highest BCUT2D eigenvalue weighted by atomic mass is 14.8. The summed E-state index contributed by atoms with van der Waals surface area (Å²) in [6.07, 6.45) is 3.77. The van der Waals surface area contributed by atoms with Crippen LogP contribution >= 0.6 is 0 Å². The van der Waals surface area contributed by atoms with Crippen LogP contribution in [0.4, 0.5) is 0 Å². The van der Waals surface area contributed by atoms with Gasteiger partial charge in [-0.25, -0.2) is 4.98 Å². The van der Waals surface area contributed by atoms with Gasteiger partial charge in [0.1, 0.15) is 12.1 Å². The van der Waals surface area contributed by atoms with E-state index in [0.29, 0.717) is 28.1 Å². The number of nitriles is 2. The number of benzene rings is 3. The molecule has 0 aliphatic heterocycles. The number of aryl methyl sites for hydroxylation is 1. The lowest BCUT2D eigenvalue weighted by Crippen LogP contribution is -2.01. The number of nitrogens with zero attached hydrogens (tertiary/aromatic N) is 3. The Morgan fingerprint density at radius 2 is 1.14 bits per heavy atom. The number of aromatic nitrogens is 3. The lowest BCUT2D eigenvalue weighted by Gasteiger charge is -2.15. The molecule has 35 heavy (non-hydrogen) atoms. The first-order valence-corrected chi connectivity index (χ1v) is 11.3. The summed E-state index contributed by atoms with van der Waals surface area (Å²) in [5.74, 6) is 0. The number of H-pyrrole nitrogens is 2. The van der Waals surface area contributed by atoms with Gasteiger partial charge in [0.15, 0.2) is 0 Å². The highest BCUT2D eigenvalue weighted by molar-refractivity contribution is 6.02. The summed E-state index contributed by atoms with van der Waals surface area (Å²) < 4.78 is 0. The van der Waals surface area contributed by atoms with E-state index in [1.54, 1.807) is 0 Å².